The molecule has 3 aromatic carbocycles. The molecule has 2 aliphatic heterocycles. The lowest BCUT2D eigenvalue weighted by Crippen LogP contribution is -2.47. The zero-order valence-electron chi connectivity index (χ0n) is 19.4. The summed E-state index contributed by atoms with van der Waals surface area (Å²) < 4.78 is 2.26. The number of fused-ring (bicyclic) bond motifs is 1. The fourth-order valence-corrected chi connectivity index (χ4v) is 5.73. The summed E-state index contributed by atoms with van der Waals surface area (Å²) in [7, 11) is 0. The average Bonchev–Trinajstić information content (AvgIpc) is 3.45. The first kappa shape index (κ1) is 21.7. The van der Waals surface area contributed by atoms with E-state index in [-0.39, 0.29) is 5.91 Å². The second kappa shape index (κ2) is 9.47. The van der Waals surface area contributed by atoms with Crippen molar-refractivity contribution in [2.24, 2.45) is 4.99 Å². The molecule has 4 aromatic rings. The number of amidine groups is 1. The number of benzene rings is 3. The highest BCUT2D eigenvalue weighted by Crippen LogP contribution is 2.33. The number of thioether (sulfide) groups is 1. The average molecular weight is 479 g/mol. The molecule has 0 bridgehead atoms. The number of carbonyl (C=O) groups is 1. The van der Waals surface area contributed by atoms with Gasteiger partial charge >= 0.3 is 0 Å². The van der Waals surface area contributed by atoms with Crippen LogP contribution < -0.4 is 4.90 Å². The quantitative estimate of drug-likeness (QED) is 0.364. The molecule has 0 unspecified atom stereocenters. The van der Waals surface area contributed by atoms with Gasteiger partial charge in [0.05, 0.1) is 4.91 Å². The summed E-state index contributed by atoms with van der Waals surface area (Å²) in [5.74, 6) is -0.143. The largest absolute Gasteiger partial charge is 0.368 e. The van der Waals surface area contributed by atoms with Crippen LogP contribution in [0.4, 0.5) is 5.69 Å². The highest BCUT2D eigenvalue weighted by atomic mass is 32.2. The summed E-state index contributed by atoms with van der Waals surface area (Å²) in [4.78, 5) is 22.6. The highest BCUT2D eigenvalue weighted by Gasteiger charge is 2.28. The molecule has 35 heavy (non-hydrogen) atoms. The first-order chi connectivity index (χ1) is 17.2. The maximum absolute atomic E-state index is 12.8. The fourth-order valence-electron chi connectivity index (χ4n) is 4.77. The predicted octanol–water partition coefficient (Wildman–Crippen LogP) is 5.48. The van der Waals surface area contributed by atoms with Crippen LogP contribution in [0.1, 0.15) is 11.1 Å². The molecular formula is C29H26N4OS. The van der Waals surface area contributed by atoms with Crippen LogP contribution in [-0.4, -0.2) is 46.7 Å². The van der Waals surface area contributed by atoms with E-state index in [0.29, 0.717) is 4.91 Å². The van der Waals surface area contributed by atoms with Crippen LogP contribution in [0.5, 0.6) is 0 Å². The van der Waals surface area contributed by atoms with Gasteiger partial charge in [-0.1, -0.05) is 66.7 Å². The van der Waals surface area contributed by atoms with Gasteiger partial charge in [-0.25, -0.2) is 0 Å². The topological polar surface area (TPSA) is 40.8 Å². The summed E-state index contributed by atoms with van der Waals surface area (Å²) in [6.45, 7) is 4.35. The van der Waals surface area contributed by atoms with Gasteiger partial charge in [0, 0.05) is 61.1 Å². The van der Waals surface area contributed by atoms with E-state index < -0.39 is 0 Å². The lowest BCUT2D eigenvalue weighted by molar-refractivity contribution is -0.113. The van der Waals surface area contributed by atoms with Crippen LogP contribution in [0, 0.1) is 0 Å². The highest BCUT2D eigenvalue weighted by molar-refractivity contribution is 8.18. The zero-order chi connectivity index (χ0) is 23.6. The van der Waals surface area contributed by atoms with E-state index in [0.717, 1.165) is 54.4 Å². The number of nitrogens with zero attached hydrogens (tertiary/aromatic N) is 4. The summed E-state index contributed by atoms with van der Waals surface area (Å²) in [6.07, 6.45) is 4.16. The minimum absolute atomic E-state index is 0.143. The van der Waals surface area contributed by atoms with E-state index in [9.17, 15) is 4.79 Å². The lowest BCUT2D eigenvalue weighted by Gasteiger charge is -2.36. The second-order valence-corrected chi connectivity index (χ2v) is 9.84. The number of hydrogen-bond donors (Lipinski definition) is 0. The number of aliphatic imine (C=N–C) groups is 1. The van der Waals surface area contributed by atoms with Gasteiger partial charge in [0.15, 0.2) is 5.17 Å². The standard InChI is InChI=1S/C29H26N4OS/c34-28-27(35-29(30-28)32-17-15-31(16-18-32)24-11-5-2-6-12-24)19-23-21-33(20-22-9-3-1-4-10-22)26-14-8-7-13-25(23)26/h1-14,19,21H,15-18,20H2/b27-19+. The third-order valence-corrected chi connectivity index (χ3v) is 7.63. The molecule has 0 spiro atoms. The third-order valence-electron chi connectivity index (χ3n) is 6.58. The molecular weight excluding hydrogens is 452 g/mol. The summed E-state index contributed by atoms with van der Waals surface area (Å²) in [6, 6.07) is 29.3. The van der Waals surface area contributed by atoms with Crippen molar-refractivity contribution in [2.75, 3.05) is 31.1 Å². The Hall–Kier alpha value is -3.77. The maximum Gasteiger partial charge on any atom is 0.286 e. The zero-order valence-corrected chi connectivity index (χ0v) is 20.2. The molecule has 0 N–H and O–H groups in total. The fraction of sp³-hybridized carbons (Fsp3) is 0.172. The van der Waals surface area contributed by atoms with Crippen molar-refractivity contribution < 1.29 is 4.79 Å². The normalized spacial score (nSPS) is 17.4. The molecule has 3 heterocycles. The van der Waals surface area contributed by atoms with Crippen molar-refractivity contribution in [1.29, 1.82) is 0 Å². The first-order valence-electron chi connectivity index (χ1n) is 11.9. The SMILES string of the molecule is O=C1N=C(N2CCN(c3ccccc3)CC2)S/C1=C/c1cn(Cc2ccccc2)c2ccccc12. The Morgan fingerprint density at radius 1 is 0.800 bits per heavy atom. The van der Waals surface area contributed by atoms with Gasteiger partial charge in [-0.3, -0.25) is 4.79 Å². The molecule has 174 valence electrons. The molecule has 2 aliphatic rings. The van der Waals surface area contributed by atoms with E-state index in [1.165, 1.54) is 23.0 Å². The van der Waals surface area contributed by atoms with Gasteiger partial charge in [0.25, 0.3) is 5.91 Å². The van der Waals surface area contributed by atoms with Crippen molar-refractivity contribution in [3.05, 3.63) is 107 Å². The van der Waals surface area contributed by atoms with Gasteiger partial charge < -0.3 is 14.4 Å². The van der Waals surface area contributed by atoms with Crippen molar-refractivity contribution in [2.45, 2.75) is 6.54 Å². The maximum atomic E-state index is 12.8. The van der Waals surface area contributed by atoms with Crippen LogP contribution in [0.2, 0.25) is 0 Å². The van der Waals surface area contributed by atoms with Crippen LogP contribution in [0.15, 0.2) is 101 Å². The number of para-hydroxylation sites is 2. The summed E-state index contributed by atoms with van der Waals surface area (Å²) >= 11 is 1.50. The summed E-state index contributed by atoms with van der Waals surface area (Å²) in [5.41, 5.74) is 4.71. The van der Waals surface area contributed by atoms with Crippen LogP contribution in [0.3, 0.4) is 0 Å². The first-order valence-corrected chi connectivity index (χ1v) is 12.8. The number of amides is 1. The Bertz CT molecular complexity index is 1420. The monoisotopic (exact) mass is 478 g/mol. The molecule has 1 aromatic heterocycles. The molecule has 1 saturated heterocycles. The molecule has 0 saturated carbocycles. The van der Waals surface area contributed by atoms with E-state index >= 15 is 0 Å². The van der Waals surface area contributed by atoms with E-state index in [2.05, 4.69) is 98.4 Å². The third kappa shape index (κ3) is 4.49. The van der Waals surface area contributed by atoms with Gasteiger partial charge in [0.1, 0.15) is 0 Å². The van der Waals surface area contributed by atoms with Gasteiger partial charge in [-0.05, 0) is 41.6 Å². The Kier molecular flexibility index (Phi) is 5.88. The molecule has 1 amide bonds. The second-order valence-electron chi connectivity index (χ2n) is 8.83. The number of anilines is 1. The lowest BCUT2D eigenvalue weighted by atomic mass is 10.1. The van der Waals surface area contributed by atoms with E-state index in [1.807, 2.05) is 18.2 Å². The number of aromatic nitrogens is 1. The Morgan fingerprint density at radius 2 is 1.46 bits per heavy atom. The molecule has 6 heteroatoms. The number of piperazine rings is 1. The number of carbonyl (C=O) groups excluding carboxylic acids is 1. The Morgan fingerprint density at radius 3 is 2.23 bits per heavy atom. The smallest absolute Gasteiger partial charge is 0.286 e. The van der Waals surface area contributed by atoms with Crippen molar-refractivity contribution in [1.82, 2.24) is 9.47 Å². The Balaban J connectivity index is 1.20. The molecule has 0 radical (unpaired) electrons. The van der Waals surface area contributed by atoms with Crippen molar-refractivity contribution in [3.63, 3.8) is 0 Å². The van der Waals surface area contributed by atoms with Crippen LogP contribution in [0.25, 0.3) is 17.0 Å². The number of rotatable bonds is 4. The molecule has 1 fully saturated rings. The predicted molar refractivity (Wildman–Crippen MR) is 146 cm³/mol. The van der Waals surface area contributed by atoms with Crippen LogP contribution >= 0.6 is 11.8 Å². The minimum atomic E-state index is -0.143. The van der Waals surface area contributed by atoms with E-state index in [4.69, 9.17) is 0 Å². The molecule has 6 rings (SSSR count). The van der Waals surface area contributed by atoms with Gasteiger partial charge in [0.2, 0.25) is 0 Å². The van der Waals surface area contributed by atoms with Gasteiger partial charge in [-0.2, -0.15) is 4.99 Å². The number of hydrogen-bond acceptors (Lipinski definition) is 4. The minimum Gasteiger partial charge on any atom is -0.368 e. The van der Waals surface area contributed by atoms with Crippen LogP contribution in [-0.2, 0) is 11.3 Å². The summed E-state index contributed by atoms with van der Waals surface area (Å²) in [5, 5.41) is 1.97. The van der Waals surface area contributed by atoms with Gasteiger partial charge in [-0.15, -0.1) is 0 Å². The van der Waals surface area contributed by atoms with E-state index in [1.54, 1.807) is 0 Å². The molecule has 0 aliphatic carbocycles. The Labute approximate surface area is 209 Å². The molecule has 5 nitrogen and oxygen atoms in total. The molecule has 0 atom stereocenters. The van der Waals surface area contributed by atoms with Crippen molar-refractivity contribution >= 4 is 45.5 Å². The van der Waals surface area contributed by atoms with Crippen molar-refractivity contribution in [3.8, 4) is 0 Å².